The van der Waals surface area contributed by atoms with Gasteiger partial charge in [0.15, 0.2) is 0 Å². The lowest BCUT2D eigenvalue weighted by Crippen LogP contribution is -2.05. The van der Waals surface area contributed by atoms with Crippen molar-refractivity contribution in [1.82, 2.24) is 15.0 Å². The Morgan fingerprint density at radius 2 is 2.27 bits per heavy atom. The molecular weight excluding hydrogens is 277 g/mol. The molecule has 0 spiro atoms. The van der Waals surface area contributed by atoms with Crippen molar-refractivity contribution >= 4 is 27.5 Å². The van der Waals surface area contributed by atoms with Gasteiger partial charge >= 0.3 is 0 Å². The van der Waals surface area contributed by atoms with Crippen LogP contribution < -0.4 is 0 Å². The second kappa shape index (κ2) is 4.77. The van der Waals surface area contributed by atoms with Gasteiger partial charge in [0, 0.05) is 10.4 Å². The molecular formula is C10H9BrClN3. The quantitative estimate of drug-likeness (QED) is 0.812. The van der Waals surface area contributed by atoms with Gasteiger partial charge in [-0.3, -0.25) is 0 Å². The summed E-state index contributed by atoms with van der Waals surface area (Å²) >= 11 is 9.29. The molecule has 1 heterocycles. The van der Waals surface area contributed by atoms with Crippen LogP contribution in [-0.2, 0) is 11.9 Å². The SMILES string of the molecule is Clc1cccc(Cn2nncc2CBr)c1. The molecule has 5 heteroatoms. The molecule has 0 amide bonds. The highest BCUT2D eigenvalue weighted by Gasteiger charge is 2.03. The van der Waals surface area contributed by atoms with Crippen LogP contribution in [0.3, 0.4) is 0 Å². The van der Waals surface area contributed by atoms with Gasteiger partial charge in [-0.2, -0.15) is 0 Å². The third kappa shape index (κ3) is 2.58. The molecule has 78 valence electrons. The minimum Gasteiger partial charge on any atom is -0.244 e. The molecule has 0 saturated heterocycles. The summed E-state index contributed by atoms with van der Waals surface area (Å²) < 4.78 is 1.85. The molecule has 2 rings (SSSR count). The van der Waals surface area contributed by atoms with Gasteiger partial charge < -0.3 is 0 Å². The van der Waals surface area contributed by atoms with E-state index in [1.54, 1.807) is 6.20 Å². The van der Waals surface area contributed by atoms with Gasteiger partial charge in [-0.25, -0.2) is 4.68 Å². The molecule has 0 saturated carbocycles. The van der Waals surface area contributed by atoms with E-state index in [4.69, 9.17) is 11.6 Å². The first-order chi connectivity index (χ1) is 7.29. The molecule has 0 atom stereocenters. The zero-order chi connectivity index (χ0) is 10.7. The molecule has 0 N–H and O–H groups in total. The van der Waals surface area contributed by atoms with E-state index in [0.29, 0.717) is 6.54 Å². The zero-order valence-corrected chi connectivity index (χ0v) is 10.2. The van der Waals surface area contributed by atoms with Gasteiger partial charge in [-0.15, -0.1) is 5.10 Å². The van der Waals surface area contributed by atoms with Crippen LogP contribution in [0.15, 0.2) is 30.5 Å². The Bertz CT molecular complexity index is 455. The molecule has 0 fully saturated rings. The second-order valence-electron chi connectivity index (χ2n) is 3.15. The number of nitrogens with zero attached hydrogens (tertiary/aromatic N) is 3. The zero-order valence-electron chi connectivity index (χ0n) is 7.90. The molecule has 1 aromatic heterocycles. The number of hydrogen-bond donors (Lipinski definition) is 0. The lowest BCUT2D eigenvalue weighted by Gasteiger charge is -2.04. The first kappa shape index (κ1) is 10.6. The maximum absolute atomic E-state index is 5.90. The highest BCUT2D eigenvalue weighted by atomic mass is 79.9. The largest absolute Gasteiger partial charge is 0.244 e. The van der Waals surface area contributed by atoms with Crippen LogP contribution in [0.25, 0.3) is 0 Å². The van der Waals surface area contributed by atoms with Gasteiger partial charge in [-0.05, 0) is 17.7 Å². The fourth-order valence-corrected chi connectivity index (χ4v) is 1.97. The molecule has 3 nitrogen and oxygen atoms in total. The highest BCUT2D eigenvalue weighted by Crippen LogP contribution is 2.12. The van der Waals surface area contributed by atoms with Crippen molar-refractivity contribution in [2.45, 2.75) is 11.9 Å². The van der Waals surface area contributed by atoms with Crippen molar-refractivity contribution in [3.05, 3.63) is 46.7 Å². The summed E-state index contributed by atoms with van der Waals surface area (Å²) in [6.45, 7) is 0.696. The van der Waals surface area contributed by atoms with Gasteiger partial charge in [0.1, 0.15) is 0 Å². The summed E-state index contributed by atoms with van der Waals surface area (Å²) in [5, 5.41) is 9.36. The molecule has 1 aromatic carbocycles. The number of alkyl halides is 1. The molecule has 0 aliphatic rings. The minimum atomic E-state index is 0.696. The van der Waals surface area contributed by atoms with Gasteiger partial charge in [0.05, 0.1) is 18.4 Å². The second-order valence-corrected chi connectivity index (χ2v) is 4.14. The molecule has 0 radical (unpaired) electrons. The number of rotatable bonds is 3. The van der Waals surface area contributed by atoms with E-state index in [9.17, 15) is 0 Å². The summed E-state index contributed by atoms with van der Waals surface area (Å²) in [5.41, 5.74) is 2.17. The van der Waals surface area contributed by atoms with Crippen molar-refractivity contribution in [3.8, 4) is 0 Å². The van der Waals surface area contributed by atoms with Crippen LogP contribution in [0.1, 0.15) is 11.3 Å². The van der Waals surface area contributed by atoms with E-state index in [2.05, 4.69) is 26.2 Å². The van der Waals surface area contributed by atoms with Crippen molar-refractivity contribution in [2.75, 3.05) is 0 Å². The lowest BCUT2D eigenvalue weighted by atomic mass is 10.2. The van der Waals surface area contributed by atoms with Crippen LogP contribution in [-0.4, -0.2) is 15.0 Å². The topological polar surface area (TPSA) is 30.7 Å². The summed E-state index contributed by atoms with van der Waals surface area (Å²) in [5.74, 6) is 0. The molecule has 2 aromatic rings. The Balaban J connectivity index is 2.22. The van der Waals surface area contributed by atoms with Crippen molar-refractivity contribution in [3.63, 3.8) is 0 Å². The number of benzene rings is 1. The first-order valence-corrected chi connectivity index (χ1v) is 5.97. The molecule has 0 aliphatic carbocycles. The predicted octanol–water partition coefficient (Wildman–Crippen LogP) is 2.87. The van der Waals surface area contributed by atoms with Crippen molar-refractivity contribution < 1.29 is 0 Å². The number of aromatic nitrogens is 3. The Hall–Kier alpha value is -0.870. The lowest BCUT2D eigenvalue weighted by molar-refractivity contribution is 0.632. The van der Waals surface area contributed by atoms with E-state index in [-0.39, 0.29) is 0 Å². The average molecular weight is 287 g/mol. The Morgan fingerprint density at radius 1 is 1.40 bits per heavy atom. The molecule has 0 bridgehead atoms. The minimum absolute atomic E-state index is 0.696. The smallest absolute Gasteiger partial charge is 0.0734 e. The van der Waals surface area contributed by atoms with Crippen LogP contribution >= 0.6 is 27.5 Å². The fraction of sp³-hybridized carbons (Fsp3) is 0.200. The Labute approximate surface area is 101 Å². The van der Waals surface area contributed by atoms with Gasteiger partial charge in [0.25, 0.3) is 0 Å². The van der Waals surface area contributed by atoms with E-state index in [1.807, 2.05) is 28.9 Å². The monoisotopic (exact) mass is 285 g/mol. The van der Waals surface area contributed by atoms with Crippen LogP contribution in [0.5, 0.6) is 0 Å². The van der Waals surface area contributed by atoms with E-state index in [1.165, 1.54) is 0 Å². The third-order valence-corrected chi connectivity index (χ3v) is 2.87. The van der Waals surface area contributed by atoms with E-state index < -0.39 is 0 Å². The fourth-order valence-electron chi connectivity index (χ4n) is 1.32. The van der Waals surface area contributed by atoms with E-state index >= 15 is 0 Å². The summed E-state index contributed by atoms with van der Waals surface area (Å²) in [6, 6.07) is 7.74. The number of halogens is 2. The summed E-state index contributed by atoms with van der Waals surface area (Å²) in [7, 11) is 0. The molecule has 0 aliphatic heterocycles. The summed E-state index contributed by atoms with van der Waals surface area (Å²) in [4.78, 5) is 0. The Morgan fingerprint density at radius 3 is 3.00 bits per heavy atom. The standard InChI is InChI=1S/C10H9BrClN3/c11-5-10-6-13-14-15(10)7-8-2-1-3-9(12)4-8/h1-4,6H,5,7H2. The van der Waals surface area contributed by atoms with Gasteiger partial charge in [-0.1, -0.05) is 44.9 Å². The third-order valence-electron chi connectivity index (χ3n) is 2.06. The molecule has 15 heavy (non-hydrogen) atoms. The predicted molar refractivity (Wildman–Crippen MR) is 63.2 cm³/mol. The summed E-state index contributed by atoms with van der Waals surface area (Å²) in [6.07, 6.45) is 1.75. The van der Waals surface area contributed by atoms with E-state index in [0.717, 1.165) is 21.6 Å². The first-order valence-electron chi connectivity index (χ1n) is 4.47. The molecule has 0 unspecified atom stereocenters. The van der Waals surface area contributed by atoms with Crippen LogP contribution in [0.2, 0.25) is 5.02 Å². The Kier molecular flexibility index (Phi) is 3.38. The van der Waals surface area contributed by atoms with Crippen molar-refractivity contribution in [2.24, 2.45) is 0 Å². The normalized spacial score (nSPS) is 10.5. The number of hydrogen-bond acceptors (Lipinski definition) is 2. The average Bonchev–Trinajstić information content (AvgIpc) is 2.65. The van der Waals surface area contributed by atoms with Crippen molar-refractivity contribution in [1.29, 1.82) is 0 Å². The highest BCUT2D eigenvalue weighted by molar-refractivity contribution is 9.08. The van der Waals surface area contributed by atoms with Crippen LogP contribution in [0.4, 0.5) is 0 Å². The maximum atomic E-state index is 5.90. The van der Waals surface area contributed by atoms with Crippen LogP contribution in [0, 0.1) is 0 Å². The van der Waals surface area contributed by atoms with Gasteiger partial charge in [0.2, 0.25) is 0 Å². The maximum Gasteiger partial charge on any atom is 0.0734 e.